The van der Waals surface area contributed by atoms with Crippen LogP contribution in [0.3, 0.4) is 0 Å². The first-order chi connectivity index (χ1) is 13.8. The highest BCUT2D eigenvalue weighted by Crippen LogP contribution is 2.38. The number of aromatic nitrogens is 1. The number of hydrogen-bond acceptors (Lipinski definition) is 4. The van der Waals surface area contributed by atoms with E-state index < -0.39 is 0 Å². The fraction of sp³-hybridized carbons (Fsp3) is 0.542. The van der Waals surface area contributed by atoms with Gasteiger partial charge >= 0.3 is 0 Å². The van der Waals surface area contributed by atoms with E-state index in [1.807, 2.05) is 31.3 Å². The zero-order valence-corrected chi connectivity index (χ0v) is 19.3. The third-order valence-corrected chi connectivity index (χ3v) is 7.46. The van der Waals surface area contributed by atoms with Crippen molar-refractivity contribution in [1.29, 1.82) is 0 Å². The van der Waals surface area contributed by atoms with E-state index in [1.54, 1.807) is 0 Å². The van der Waals surface area contributed by atoms with Crippen molar-refractivity contribution < 1.29 is 0 Å². The van der Waals surface area contributed by atoms with Crippen LogP contribution in [0.5, 0.6) is 0 Å². The Morgan fingerprint density at radius 1 is 1.28 bits per heavy atom. The molecular formula is C24H35N3OS. The first-order valence-electron chi connectivity index (χ1n) is 10.8. The molecule has 4 nitrogen and oxygen atoms in total. The van der Waals surface area contributed by atoms with Gasteiger partial charge in [0, 0.05) is 47.0 Å². The van der Waals surface area contributed by atoms with Crippen molar-refractivity contribution in [2.45, 2.75) is 72.9 Å². The van der Waals surface area contributed by atoms with E-state index in [4.69, 9.17) is 0 Å². The molecule has 1 aliphatic rings. The van der Waals surface area contributed by atoms with Crippen molar-refractivity contribution >= 4 is 22.0 Å². The number of aromatic amines is 1. The first-order valence-corrected chi connectivity index (χ1v) is 11.7. The quantitative estimate of drug-likeness (QED) is 0.628. The van der Waals surface area contributed by atoms with Gasteiger partial charge in [-0.05, 0) is 76.5 Å². The molecule has 0 amide bonds. The van der Waals surface area contributed by atoms with E-state index in [-0.39, 0.29) is 5.56 Å². The second-order valence-electron chi connectivity index (χ2n) is 8.55. The molecule has 0 saturated heterocycles. The van der Waals surface area contributed by atoms with Gasteiger partial charge in [-0.2, -0.15) is 0 Å². The summed E-state index contributed by atoms with van der Waals surface area (Å²) in [4.78, 5) is 17.8. The van der Waals surface area contributed by atoms with Crippen LogP contribution in [0.1, 0.15) is 67.5 Å². The van der Waals surface area contributed by atoms with Crippen LogP contribution < -0.4 is 15.8 Å². The van der Waals surface area contributed by atoms with Gasteiger partial charge in [0.05, 0.1) is 5.00 Å². The van der Waals surface area contributed by atoms with Gasteiger partial charge < -0.3 is 15.2 Å². The number of rotatable bonds is 7. The highest BCUT2D eigenvalue weighted by atomic mass is 32.1. The zero-order valence-electron chi connectivity index (χ0n) is 18.5. The molecule has 0 spiro atoms. The van der Waals surface area contributed by atoms with Crippen LogP contribution in [-0.4, -0.2) is 17.6 Å². The van der Waals surface area contributed by atoms with Crippen molar-refractivity contribution in [2.75, 3.05) is 11.4 Å². The van der Waals surface area contributed by atoms with Gasteiger partial charge in [0.25, 0.3) is 5.56 Å². The van der Waals surface area contributed by atoms with E-state index in [1.165, 1.54) is 36.2 Å². The minimum Gasteiger partial charge on any atom is -0.381 e. The Kier molecular flexibility index (Phi) is 6.89. The molecule has 0 aromatic carbocycles. The lowest BCUT2D eigenvalue weighted by Gasteiger charge is -2.36. The summed E-state index contributed by atoms with van der Waals surface area (Å²) >= 11 is 1.82. The van der Waals surface area contributed by atoms with Crippen LogP contribution in [0, 0.1) is 26.7 Å². The number of aryl methyl sites for hydroxylation is 2. The van der Waals surface area contributed by atoms with E-state index in [2.05, 4.69) is 47.9 Å². The van der Waals surface area contributed by atoms with E-state index in [9.17, 15) is 4.79 Å². The summed E-state index contributed by atoms with van der Waals surface area (Å²) in [6, 6.07) is 2.66. The van der Waals surface area contributed by atoms with E-state index in [0.29, 0.717) is 12.6 Å². The summed E-state index contributed by atoms with van der Waals surface area (Å²) in [5.74, 6) is 0.863. The predicted molar refractivity (Wildman–Crippen MR) is 126 cm³/mol. The van der Waals surface area contributed by atoms with Crippen LogP contribution in [0.25, 0.3) is 5.70 Å². The molecule has 1 fully saturated rings. The largest absolute Gasteiger partial charge is 0.381 e. The second-order valence-corrected chi connectivity index (χ2v) is 9.41. The van der Waals surface area contributed by atoms with Crippen LogP contribution in [-0.2, 0) is 6.54 Å². The molecule has 0 atom stereocenters. The summed E-state index contributed by atoms with van der Waals surface area (Å²) in [5.41, 5.74) is 6.00. The average Bonchev–Trinajstić information content (AvgIpc) is 3.04. The van der Waals surface area contributed by atoms with E-state index in [0.717, 1.165) is 40.5 Å². The predicted octanol–water partition coefficient (Wildman–Crippen LogP) is 5.53. The molecule has 2 aromatic heterocycles. The summed E-state index contributed by atoms with van der Waals surface area (Å²) in [5, 5.41) is 6.96. The second kappa shape index (κ2) is 9.21. The topological polar surface area (TPSA) is 48.1 Å². The lowest BCUT2D eigenvalue weighted by molar-refractivity contribution is 0.336. The summed E-state index contributed by atoms with van der Waals surface area (Å²) in [6.45, 7) is 16.5. The molecule has 2 heterocycles. The standard InChI is InChI=1S/C24H35N3OS/c1-7-27(20-10-8-15(2)9-11-20)24-18(5)22(14-29-24)19(6)25-13-21-16(3)12-17(4)26-23(21)28/h12,14-15,20,25H,6-11,13H2,1-5H3,(H,26,28)/t15-,20-. The van der Waals surface area contributed by atoms with Gasteiger partial charge in [-0.3, -0.25) is 4.79 Å². The monoisotopic (exact) mass is 413 g/mol. The minimum absolute atomic E-state index is 0.0192. The van der Waals surface area contributed by atoms with Gasteiger partial charge in [-0.15, -0.1) is 11.3 Å². The van der Waals surface area contributed by atoms with Gasteiger partial charge in [0.1, 0.15) is 0 Å². The smallest absolute Gasteiger partial charge is 0.253 e. The number of thiophene rings is 1. The highest BCUT2D eigenvalue weighted by molar-refractivity contribution is 7.14. The van der Waals surface area contributed by atoms with Gasteiger partial charge in [-0.1, -0.05) is 13.5 Å². The van der Waals surface area contributed by atoms with Crippen molar-refractivity contribution in [3.05, 3.63) is 56.3 Å². The normalized spacial score (nSPS) is 19.2. The summed E-state index contributed by atoms with van der Waals surface area (Å²) in [7, 11) is 0. The number of nitrogens with zero attached hydrogens (tertiary/aromatic N) is 1. The molecule has 2 N–H and O–H groups in total. The number of nitrogens with one attached hydrogen (secondary N) is 2. The number of hydrogen-bond donors (Lipinski definition) is 2. The molecule has 5 heteroatoms. The van der Waals surface area contributed by atoms with Crippen LogP contribution in [0.2, 0.25) is 0 Å². The number of anilines is 1. The molecule has 0 unspecified atom stereocenters. The van der Waals surface area contributed by atoms with Gasteiger partial charge in [-0.25, -0.2) is 0 Å². The molecule has 1 saturated carbocycles. The van der Waals surface area contributed by atoms with Gasteiger partial charge in [0.15, 0.2) is 0 Å². The fourth-order valence-corrected chi connectivity index (χ4v) is 5.75. The molecule has 1 aliphatic carbocycles. The van der Waals surface area contributed by atoms with Crippen molar-refractivity contribution in [3.63, 3.8) is 0 Å². The highest BCUT2D eigenvalue weighted by Gasteiger charge is 2.26. The molecule has 0 bridgehead atoms. The van der Waals surface area contributed by atoms with Crippen molar-refractivity contribution in [2.24, 2.45) is 5.92 Å². The first kappa shape index (κ1) is 21.7. The van der Waals surface area contributed by atoms with Crippen molar-refractivity contribution in [3.8, 4) is 0 Å². The van der Waals surface area contributed by atoms with E-state index >= 15 is 0 Å². The SMILES string of the molecule is C=C(NCc1c(C)cc(C)[nH]c1=O)c1csc(N(CC)[C@H]2CC[C@H](C)CC2)c1C. The van der Waals surface area contributed by atoms with Gasteiger partial charge in [0.2, 0.25) is 0 Å². The Morgan fingerprint density at radius 3 is 2.59 bits per heavy atom. The molecule has 0 radical (unpaired) electrons. The Hall–Kier alpha value is -2.01. The average molecular weight is 414 g/mol. The Morgan fingerprint density at radius 2 is 1.97 bits per heavy atom. The number of H-pyrrole nitrogens is 1. The fourth-order valence-electron chi connectivity index (χ4n) is 4.50. The molecule has 3 rings (SSSR count). The Labute approximate surface area is 179 Å². The maximum Gasteiger partial charge on any atom is 0.253 e. The maximum absolute atomic E-state index is 12.3. The molecule has 0 aliphatic heterocycles. The summed E-state index contributed by atoms with van der Waals surface area (Å²) in [6.07, 6.45) is 5.24. The number of pyridine rings is 1. The molecular weight excluding hydrogens is 378 g/mol. The molecule has 29 heavy (non-hydrogen) atoms. The van der Waals surface area contributed by atoms with Crippen LogP contribution >= 0.6 is 11.3 Å². The zero-order chi connectivity index (χ0) is 21.1. The Balaban J connectivity index is 1.73. The third kappa shape index (κ3) is 4.77. The summed E-state index contributed by atoms with van der Waals surface area (Å²) < 4.78 is 0. The third-order valence-electron chi connectivity index (χ3n) is 6.34. The van der Waals surface area contributed by atoms with Crippen LogP contribution in [0.15, 0.2) is 22.8 Å². The molecule has 2 aromatic rings. The van der Waals surface area contributed by atoms with Crippen molar-refractivity contribution in [1.82, 2.24) is 10.3 Å². The lowest BCUT2D eigenvalue weighted by atomic mass is 9.86. The molecule has 158 valence electrons. The Bertz CT molecular complexity index is 919. The maximum atomic E-state index is 12.3. The lowest BCUT2D eigenvalue weighted by Crippen LogP contribution is -2.37. The van der Waals surface area contributed by atoms with Crippen LogP contribution in [0.4, 0.5) is 5.00 Å². The minimum atomic E-state index is -0.0192.